The molecular formula is C9H12ClN3O. The maximum atomic E-state index is 11.5. The Labute approximate surface area is 87.5 Å². The van der Waals surface area contributed by atoms with Gasteiger partial charge in [-0.15, -0.1) is 0 Å². The highest BCUT2D eigenvalue weighted by molar-refractivity contribution is 6.29. The second-order valence-corrected chi connectivity index (χ2v) is 3.62. The van der Waals surface area contributed by atoms with Crippen LogP contribution in [0.15, 0.2) is 12.1 Å². The molecule has 1 amide bonds. The first kappa shape index (κ1) is 10.8. The van der Waals surface area contributed by atoms with Crippen molar-refractivity contribution in [3.8, 4) is 0 Å². The number of carbonyl (C=O) groups excluding carboxylic acids is 1. The highest BCUT2D eigenvalue weighted by Crippen LogP contribution is 2.11. The third kappa shape index (κ3) is 2.88. The number of anilines is 1. The van der Waals surface area contributed by atoms with E-state index in [1.807, 2.05) is 13.8 Å². The molecule has 1 rings (SSSR count). The average molecular weight is 214 g/mol. The van der Waals surface area contributed by atoms with Crippen LogP contribution in [0.3, 0.4) is 0 Å². The predicted molar refractivity (Wildman–Crippen MR) is 56.3 cm³/mol. The first-order valence-electron chi connectivity index (χ1n) is 4.23. The summed E-state index contributed by atoms with van der Waals surface area (Å²) < 4.78 is 0. The van der Waals surface area contributed by atoms with Gasteiger partial charge in [0.2, 0.25) is 0 Å². The second-order valence-electron chi connectivity index (χ2n) is 3.23. The second kappa shape index (κ2) is 4.28. The van der Waals surface area contributed by atoms with E-state index in [2.05, 4.69) is 10.3 Å². The molecular weight excluding hydrogens is 202 g/mol. The van der Waals surface area contributed by atoms with Crippen LogP contribution < -0.4 is 11.1 Å². The normalized spacial score (nSPS) is 10.3. The van der Waals surface area contributed by atoms with Gasteiger partial charge >= 0.3 is 0 Å². The van der Waals surface area contributed by atoms with E-state index in [9.17, 15) is 4.79 Å². The minimum atomic E-state index is -0.198. The van der Waals surface area contributed by atoms with Crippen molar-refractivity contribution in [2.75, 3.05) is 5.73 Å². The van der Waals surface area contributed by atoms with E-state index in [0.29, 0.717) is 5.56 Å². The summed E-state index contributed by atoms with van der Waals surface area (Å²) in [7, 11) is 0. The van der Waals surface area contributed by atoms with Crippen molar-refractivity contribution >= 4 is 23.3 Å². The monoisotopic (exact) mass is 213 g/mol. The van der Waals surface area contributed by atoms with Crippen LogP contribution >= 0.6 is 11.6 Å². The molecule has 4 nitrogen and oxygen atoms in total. The molecule has 0 aromatic carbocycles. The SMILES string of the molecule is CC(C)NC(=O)c1cc(N)nc(Cl)c1. The first-order valence-corrected chi connectivity index (χ1v) is 4.61. The number of carbonyl (C=O) groups is 1. The zero-order valence-corrected chi connectivity index (χ0v) is 8.80. The fourth-order valence-corrected chi connectivity index (χ4v) is 1.21. The Morgan fingerprint density at radius 3 is 2.71 bits per heavy atom. The van der Waals surface area contributed by atoms with Crippen LogP contribution in [0.25, 0.3) is 0 Å². The van der Waals surface area contributed by atoms with Crippen molar-refractivity contribution in [2.45, 2.75) is 19.9 Å². The van der Waals surface area contributed by atoms with Crippen molar-refractivity contribution in [1.29, 1.82) is 0 Å². The lowest BCUT2D eigenvalue weighted by Crippen LogP contribution is -2.30. The van der Waals surface area contributed by atoms with Crippen molar-refractivity contribution in [2.24, 2.45) is 0 Å². The molecule has 0 aliphatic carbocycles. The molecule has 14 heavy (non-hydrogen) atoms. The maximum absolute atomic E-state index is 11.5. The molecule has 1 aromatic heterocycles. The molecule has 1 aromatic rings. The number of rotatable bonds is 2. The molecule has 0 aliphatic heterocycles. The van der Waals surface area contributed by atoms with E-state index in [1.54, 1.807) is 0 Å². The molecule has 5 heteroatoms. The smallest absolute Gasteiger partial charge is 0.251 e. The third-order valence-corrected chi connectivity index (χ3v) is 1.69. The number of hydrogen-bond acceptors (Lipinski definition) is 3. The maximum Gasteiger partial charge on any atom is 0.251 e. The van der Waals surface area contributed by atoms with E-state index in [1.165, 1.54) is 12.1 Å². The number of aromatic nitrogens is 1. The summed E-state index contributed by atoms with van der Waals surface area (Å²) in [5.74, 6) is 0.0439. The first-order chi connectivity index (χ1) is 6.49. The van der Waals surface area contributed by atoms with Gasteiger partial charge in [0, 0.05) is 11.6 Å². The summed E-state index contributed by atoms with van der Waals surface area (Å²) in [4.78, 5) is 15.3. The number of amides is 1. The Morgan fingerprint density at radius 2 is 2.21 bits per heavy atom. The summed E-state index contributed by atoms with van der Waals surface area (Å²) >= 11 is 5.66. The Bertz CT molecular complexity index is 332. The van der Waals surface area contributed by atoms with Crippen LogP contribution in [0.2, 0.25) is 5.15 Å². The lowest BCUT2D eigenvalue weighted by atomic mass is 10.2. The van der Waals surface area contributed by atoms with Gasteiger partial charge in [0.15, 0.2) is 0 Å². The minimum absolute atomic E-state index is 0.0793. The number of nitrogens with two attached hydrogens (primary N) is 1. The van der Waals surface area contributed by atoms with Crippen LogP contribution in [0, 0.1) is 0 Å². The van der Waals surface area contributed by atoms with Gasteiger partial charge in [0.25, 0.3) is 5.91 Å². The van der Waals surface area contributed by atoms with Crippen molar-refractivity contribution < 1.29 is 4.79 Å². The van der Waals surface area contributed by atoms with Gasteiger partial charge < -0.3 is 11.1 Å². The Balaban J connectivity index is 2.90. The molecule has 0 atom stereocenters. The lowest BCUT2D eigenvalue weighted by Gasteiger charge is -2.08. The van der Waals surface area contributed by atoms with Crippen LogP contribution in [0.4, 0.5) is 5.82 Å². The van der Waals surface area contributed by atoms with Crippen LogP contribution in [-0.2, 0) is 0 Å². The van der Waals surface area contributed by atoms with E-state index in [4.69, 9.17) is 17.3 Å². The van der Waals surface area contributed by atoms with Gasteiger partial charge in [0.1, 0.15) is 11.0 Å². The zero-order valence-electron chi connectivity index (χ0n) is 8.04. The highest BCUT2D eigenvalue weighted by Gasteiger charge is 2.08. The van der Waals surface area contributed by atoms with Gasteiger partial charge in [0.05, 0.1) is 0 Å². The van der Waals surface area contributed by atoms with Gasteiger partial charge in [-0.25, -0.2) is 4.98 Å². The Hall–Kier alpha value is -1.29. The molecule has 0 fully saturated rings. The number of hydrogen-bond donors (Lipinski definition) is 2. The topological polar surface area (TPSA) is 68.0 Å². The number of nitrogens with zero attached hydrogens (tertiary/aromatic N) is 1. The highest BCUT2D eigenvalue weighted by atomic mass is 35.5. The van der Waals surface area contributed by atoms with Crippen molar-refractivity contribution in [1.82, 2.24) is 10.3 Å². The molecule has 1 heterocycles. The predicted octanol–water partition coefficient (Wildman–Crippen LogP) is 1.46. The van der Waals surface area contributed by atoms with E-state index in [-0.39, 0.29) is 22.9 Å². The average Bonchev–Trinajstić information content (AvgIpc) is 2.00. The third-order valence-electron chi connectivity index (χ3n) is 1.50. The number of pyridine rings is 1. The quantitative estimate of drug-likeness (QED) is 0.731. The van der Waals surface area contributed by atoms with E-state index in [0.717, 1.165) is 0 Å². The summed E-state index contributed by atoms with van der Waals surface area (Å²) in [6.07, 6.45) is 0. The number of halogens is 1. The number of nitrogen functional groups attached to an aromatic ring is 1. The van der Waals surface area contributed by atoms with Crippen LogP contribution in [-0.4, -0.2) is 16.9 Å². The molecule has 0 spiro atoms. The minimum Gasteiger partial charge on any atom is -0.384 e. The van der Waals surface area contributed by atoms with Gasteiger partial charge in [-0.1, -0.05) is 11.6 Å². The molecule has 0 unspecified atom stereocenters. The summed E-state index contributed by atoms with van der Waals surface area (Å²) in [6, 6.07) is 3.05. The van der Waals surface area contributed by atoms with Crippen LogP contribution in [0.5, 0.6) is 0 Å². The standard InChI is InChI=1S/C9H12ClN3O/c1-5(2)12-9(14)6-3-7(10)13-8(11)4-6/h3-5H,1-2H3,(H2,11,13)(H,12,14). The number of nitrogens with one attached hydrogen (secondary N) is 1. The largest absolute Gasteiger partial charge is 0.384 e. The molecule has 0 bridgehead atoms. The molecule has 0 aliphatic rings. The summed E-state index contributed by atoms with van der Waals surface area (Å²) in [5, 5.41) is 2.95. The van der Waals surface area contributed by atoms with Gasteiger partial charge in [-0.3, -0.25) is 4.79 Å². The van der Waals surface area contributed by atoms with E-state index >= 15 is 0 Å². The fraction of sp³-hybridized carbons (Fsp3) is 0.333. The summed E-state index contributed by atoms with van der Waals surface area (Å²) in [5.41, 5.74) is 5.88. The van der Waals surface area contributed by atoms with Gasteiger partial charge in [-0.2, -0.15) is 0 Å². The van der Waals surface area contributed by atoms with Gasteiger partial charge in [-0.05, 0) is 26.0 Å². The molecule has 0 saturated heterocycles. The van der Waals surface area contributed by atoms with Crippen LogP contribution in [0.1, 0.15) is 24.2 Å². The molecule has 76 valence electrons. The van der Waals surface area contributed by atoms with Crippen molar-refractivity contribution in [3.63, 3.8) is 0 Å². The lowest BCUT2D eigenvalue weighted by molar-refractivity contribution is 0.0943. The molecule has 0 saturated carbocycles. The zero-order chi connectivity index (χ0) is 10.7. The van der Waals surface area contributed by atoms with Crippen molar-refractivity contribution in [3.05, 3.63) is 22.8 Å². The Morgan fingerprint density at radius 1 is 1.57 bits per heavy atom. The fourth-order valence-electron chi connectivity index (χ4n) is 0.994. The summed E-state index contributed by atoms with van der Waals surface area (Å²) in [6.45, 7) is 3.76. The molecule has 0 radical (unpaired) electrons. The Kier molecular flexibility index (Phi) is 3.30. The van der Waals surface area contributed by atoms with E-state index < -0.39 is 0 Å². The molecule has 3 N–H and O–H groups in total.